The zero-order valence-electron chi connectivity index (χ0n) is 14.2. The molecule has 0 fully saturated rings. The first-order valence-corrected chi connectivity index (χ1v) is 8.44. The van der Waals surface area contributed by atoms with Gasteiger partial charge < -0.3 is 15.0 Å². The first-order valence-electron chi connectivity index (χ1n) is 8.44. The van der Waals surface area contributed by atoms with Crippen LogP contribution in [-0.2, 0) is 13.0 Å². The third kappa shape index (κ3) is 4.56. The second-order valence-corrected chi connectivity index (χ2v) is 5.66. The van der Waals surface area contributed by atoms with E-state index < -0.39 is 0 Å². The van der Waals surface area contributed by atoms with E-state index in [0.717, 1.165) is 24.3 Å². The van der Waals surface area contributed by atoms with Crippen LogP contribution in [0.5, 0.6) is 0 Å². The van der Waals surface area contributed by atoms with Crippen molar-refractivity contribution in [2.75, 3.05) is 13.1 Å². The summed E-state index contributed by atoms with van der Waals surface area (Å²) in [6.45, 7) is 3.75. The Morgan fingerprint density at radius 2 is 2.00 bits per heavy atom. The Hall–Kier alpha value is -2.89. The number of halogens is 1. The van der Waals surface area contributed by atoms with Gasteiger partial charge in [-0.15, -0.1) is 0 Å². The van der Waals surface area contributed by atoms with Gasteiger partial charge in [0.15, 0.2) is 5.96 Å². The summed E-state index contributed by atoms with van der Waals surface area (Å²) in [5.41, 5.74) is 2.54. The van der Waals surface area contributed by atoms with Crippen molar-refractivity contribution < 1.29 is 4.39 Å². The molecule has 0 saturated heterocycles. The van der Waals surface area contributed by atoms with Gasteiger partial charge in [0.05, 0.1) is 12.2 Å². The van der Waals surface area contributed by atoms with Crippen molar-refractivity contribution in [3.05, 3.63) is 71.9 Å². The maximum atomic E-state index is 13.7. The molecule has 0 unspecified atom stereocenters. The molecule has 5 nitrogen and oxygen atoms in total. The number of rotatable bonds is 6. The number of hydrogen-bond donors (Lipinski definition) is 2. The molecule has 0 aliphatic carbocycles. The summed E-state index contributed by atoms with van der Waals surface area (Å²) in [5, 5.41) is 6.45. The molecule has 0 aliphatic heterocycles. The highest BCUT2D eigenvalue weighted by Gasteiger charge is 2.03. The number of nitrogens with zero attached hydrogens (tertiary/aromatic N) is 3. The second-order valence-electron chi connectivity index (χ2n) is 5.66. The van der Waals surface area contributed by atoms with Gasteiger partial charge in [-0.25, -0.2) is 14.4 Å². The van der Waals surface area contributed by atoms with Crippen LogP contribution in [0.2, 0.25) is 0 Å². The van der Waals surface area contributed by atoms with E-state index in [1.165, 1.54) is 6.07 Å². The highest BCUT2D eigenvalue weighted by molar-refractivity contribution is 5.79. The van der Waals surface area contributed by atoms with Crippen LogP contribution in [0.3, 0.4) is 0 Å². The molecule has 0 spiro atoms. The molecule has 3 aromatic rings. The summed E-state index contributed by atoms with van der Waals surface area (Å²) >= 11 is 0. The average Bonchev–Trinajstić information content (AvgIpc) is 3.03. The zero-order chi connectivity index (χ0) is 17.5. The Bertz CT molecular complexity index is 823. The summed E-state index contributed by atoms with van der Waals surface area (Å²) in [5.74, 6) is 0.446. The van der Waals surface area contributed by atoms with Gasteiger partial charge in [-0.3, -0.25) is 0 Å². The SMILES string of the molecule is CCNC(=NCc1ccccc1F)NCCc1cn2ccccc2n1. The number of nitrogens with one attached hydrogen (secondary N) is 2. The fraction of sp³-hybridized carbons (Fsp3) is 0.263. The van der Waals surface area contributed by atoms with Gasteiger partial charge in [0.1, 0.15) is 11.5 Å². The molecule has 2 aromatic heterocycles. The van der Waals surface area contributed by atoms with Crippen LogP contribution in [0.1, 0.15) is 18.2 Å². The maximum Gasteiger partial charge on any atom is 0.191 e. The van der Waals surface area contributed by atoms with Gasteiger partial charge in [0, 0.05) is 37.5 Å². The molecule has 2 heterocycles. The Morgan fingerprint density at radius 3 is 2.80 bits per heavy atom. The number of benzene rings is 1. The van der Waals surface area contributed by atoms with E-state index >= 15 is 0 Å². The van der Waals surface area contributed by atoms with E-state index in [1.54, 1.807) is 12.1 Å². The Kier molecular flexibility index (Phi) is 5.61. The van der Waals surface area contributed by atoms with Gasteiger partial charge in [-0.05, 0) is 25.1 Å². The fourth-order valence-corrected chi connectivity index (χ4v) is 2.55. The molecule has 0 saturated carbocycles. The van der Waals surface area contributed by atoms with Crippen molar-refractivity contribution in [2.45, 2.75) is 19.9 Å². The van der Waals surface area contributed by atoms with Gasteiger partial charge in [-0.1, -0.05) is 24.3 Å². The average molecular weight is 339 g/mol. The van der Waals surface area contributed by atoms with Crippen LogP contribution in [0, 0.1) is 5.82 Å². The van der Waals surface area contributed by atoms with E-state index in [4.69, 9.17) is 0 Å². The summed E-state index contributed by atoms with van der Waals surface area (Å²) in [6.07, 6.45) is 4.80. The fourth-order valence-electron chi connectivity index (χ4n) is 2.55. The summed E-state index contributed by atoms with van der Waals surface area (Å²) in [6, 6.07) is 12.6. The number of aromatic nitrogens is 2. The predicted molar refractivity (Wildman–Crippen MR) is 98.1 cm³/mol. The standard InChI is InChI=1S/C19H22FN5/c1-2-21-19(23-13-15-7-3-4-8-17(15)20)22-11-10-16-14-25-12-6-5-9-18(25)24-16/h3-9,12,14H,2,10-11,13H2,1H3,(H2,21,22,23). The minimum Gasteiger partial charge on any atom is -0.357 e. The van der Waals surface area contributed by atoms with Crippen LogP contribution >= 0.6 is 0 Å². The van der Waals surface area contributed by atoms with E-state index in [1.807, 2.05) is 48.0 Å². The number of aliphatic imine (C=N–C) groups is 1. The van der Waals surface area contributed by atoms with E-state index in [-0.39, 0.29) is 5.82 Å². The topological polar surface area (TPSA) is 53.7 Å². The number of fused-ring (bicyclic) bond motifs is 1. The molecule has 130 valence electrons. The van der Waals surface area contributed by atoms with Crippen molar-refractivity contribution in [1.29, 1.82) is 0 Å². The number of pyridine rings is 1. The van der Waals surface area contributed by atoms with Gasteiger partial charge in [0.25, 0.3) is 0 Å². The zero-order valence-corrected chi connectivity index (χ0v) is 14.2. The van der Waals surface area contributed by atoms with E-state index in [0.29, 0.717) is 24.6 Å². The summed E-state index contributed by atoms with van der Waals surface area (Å²) in [4.78, 5) is 9.02. The van der Waals surface area contributed by atoms with Crippen LogP contribution in [0.4, 0.5) is 4.39 Å². The molecule has 0 radical (unpaired) electrons. The van der Waals surface area contributed by atoms with Crippen LogP contribution in [0.25, 0.3) is 5.65 Å². The minimum atomic E-state index is -0.230. The minimum absolute atomic E-state index is 0.230. The first-order chi connectivity index (χ1) is 12.3. The molecule has 0 atom stereocenters. The summed E-state index contributed by atoms with van der Waals surface area (Å²) in [7, 11) is 0. The molecule has 0 amide bonds. The third-order valence-electron chi connectivity index (χ3n) is 3.80. The van der Waals surface area contributed by atoms with Gasteiger partial charge in [0.2, 0.25) is 0 Å². The van der Waals surface area contributed by atoms with Crippen LogP contribution in [0.15, 0.2) is 59.9 Å². The number of guanidine groups is 1. The van der Waals surface area contributed by atoms with Gasteiger partial charge >= 0.3 is 0 Å². The molecule has 6 heteroatoms. The van der Waals surface area contributed by atoms with Crippen molar-refractivity contribution in [2.24, 2.45) is 4.99 Å². The lowest BCUT2D eigenvalue weighted by molar-refractivity contribution is 0.610. The molecule has 1 aromatic carbocycles. The third-order valence-corrected chi connectivity index (χ3v) is 3.80. The van der Waals surface area contributed by atoms with E-state index in [2.05, 4.69) is 20.6 Å². The Balaban J connectivity index is 1.58. The van der Waals surface area contributed by atoms with Crippen LogP contribution < -0.4 is 10.6 Å². The second kappa shape index (κ2) is 8.28. The molecular weight excluding hydrogens is 317 g/mol. The molecule has 0 bridgehead atoms. The van der Waals surface area contributed by atoms with Crippen LogP contribution in [-0.4, -0.2) is 28.4 Å². The van der Waals surface area contributed by atoms with Crippen molar-refractivity contribution in [3.8, 4) is 0 Å². The first kappa shape index (κ1) is 17.0. The Labute approximate surface area is 146 Å². The predicted octanol–water partition coefficient (Wildman–Crippen LogP) is 2.77. The molecular formula is C19H22FN5. The highest BCUT2D eigenvalue weighted by Crippen LogP contribution is 2.07. The smallest absolute Gasteiger partial charge is 0.191 e. The lowest BCUT2D eigenvalue weighted by Gasteiger charge is -2.10. The summed E-state index contributed by atoms with van der Waals surface area (Å²) < 4.78 is 15.7. The van der Waals surface area contributed by atoms with Crippen molar-refractivity contribution in [3.63, 3.8) is 0 Å². The van der Waals surface area contributed by atoms with Crippen molar-refractivity contribution >= 4 is 11.6 Å². The number of imidazole rings is 1. The lowest BCUT2D eigenvalue weighted by Crippen LogP contribution is -2.38. The highest BCUT2D eigenvalue weighted by atomic mass is 19.1. The normalized spacial score (nSPS) is 11.7. The Morgan fingerprint density at radius 1 is 1.16 bits per heavy atom. The molecule has 2 N–H and O–H groups in total. The quantitative estimate of drug-likeness (QED) is 0.536. The lowest BCUT2D eigenvalue weighted by atomic mass is 10.2. The van der Waals surface area contributed by atoms with Gasteiger partial charge in [-0.2, -0.15) is 0 Å². The molecule has 25 heavy (non-hydrogen) atoms. The molecule has 0 aliphatic rings. The largest absolute Gasteiger partial charge is 0.357 e. The maximum absolute atomic E-state index is 13.7. The van der Waals surface area contributed by atoms with E-state index in [9.17, 15) is 4.39 Å². The number of hydrogen-bond acceptors (Lipinski definition) is 2. The monoisotopic (exact) mass is 339 g/mol. The molecule has 3 rings (SSSR count). The van der Waals surface area contributed by atoms with Crippen molar-refractivity contribution in [1.82, 2.24) is 20.0 Å².